The van der Waals surface area contributed by atoms with E-state index in [1.807, 2.05) is 0 Å². The number of hydrogen-bond donors (Lipinski definition) is 2. The molecule has 1 saturated heterocycles. The molecule has 3 rings (SSSR count). The highest BCUT2D eigenvalue weighted by atomic mass is 19.4. The van der Waals surface area contributed by atoms with Gasteiger partial charge in [-0.1, -0.05) is 0 Å². The second-order valence-corrected chi connectivity index (χ2v) is 6.50. The minimum absolute atomic E-state index is 0.0907. The van der Waals surface area contributed by atoms with Crippen LogP contribution in [0.4, 0.5) is 35.5 Å². The zero-order chi connectivity index (χ0) is 23.8. The van der Waals surface area contributed by atoms with Gasteiger partial charge in [0.1, 0.15) is 12.1 Å². The fraction of sp³-hybridized carbons (Fsp3) is 0.294. The number of halogens is 7. The second-order valence-electron chi connectivity index (χ2n) is 6.50. The molecule has 0 bridgehead atoms. The summed E-state index contributed by atoms with van der Waals surface area (Å²) in [5.41, 5.74) is 2.71. The molecule has 1 unspecified atom stereocenters. The molecule has 0 spiro atoms. The van der Waals surface area contributed by atoms with E-state index in [2.05, 4.69) is 20.0 Å². The van der Waals surface area contributed by atoms with Gasteiger partial charge >= 0.3 is 18.6 Å². The number of alkyl halides is 6. The number of pyridine rings is 2. The summed E-state index contributed by atoms with van der Waals surface area (Å²) in [7, 11) is 0. The number of nitrogens with one attached hydrogen (secondary N) is 1. The van der Waals surface area contributed by atoms with Crippen molar-refractivity contribution < 1.29 is 45.1 Å². The van der Waals surface area contributed by atoms with E-state index in [-0.39, 0.29) is 5.56 Å². The number of carbonyl (C=O) groups excluding carboxylic acids is 2. The number of nitrogens with two attached hydrogens (primary N) is 1. The van der Waals surface area contributed by atoms with Gasteiger partial charge in [-0.3, -0.25) is 4.79 Å². The molecular formula is C17H12F7N5O3. The number of aromatic nitrogens is 2. The van der Waals surface area contributed by atoms with Crippen LogP contribution in [-0.2, 0) is 11.0 Å². The smallest absolute Gasteiger partial charge is 0.388 e. The van der Waals surface area contributed by atoms with Gasteiger partial charge in [0.15, 0.2) is 11.5 Å². The van der Waals surface area contributed by atoms with Gasteiger partial charge in [0.2, 0.25) is 11.8 Å². The molecule has 1 fully saturated rings. The number of rotatable bonds is 5. The first kappa shape index (κ1) is 23.0. The molecule has 172 valence electrons. The van der Waals surface area contributed by atoms with Crippen molar-refractivity contribution in [2.45, 2.75) is 24.6 Å². The standard InChI is InChI=1S/C17H12F7N5O3/c18-8-2-3-9(27-13(8)16(19,20)21)12(29-6-10(14(25)30)28-15(29)31)7-1-4-11(26-5-7)32-17(22,23)24/h1-5,10,12H,6H2,(H2,25,30)(H,28,31)/t10?,12-/m1/s1. The Morgan fingerprint density at radius 1 is 1.19 bits per heavy atom. The van der Waals surface area contributed by atoms with Crippen LogP contribution in [0.5, 0.6) is 5.88 Å². The van der Waals surface area contributed by atoms with Crippen molar-refractivity contribution in [1.82, 2.24) is 20.2 Å². The number of primary amides is 1. The summed E-state index contributed by atoms with van der Waals surface area (Å²) in [5.74, 6) is -3.48. The van der Waals surface area contributed by atoms with E-state index in [4.69, 9.17) is 5.73 Å². The van der Waals surface area contributed by atoms with E-state index in [9.17, 15) is 40.3 Å². The van der Waals surface area contributed by atoms with Gasteiger partial charge in [-0.05, 0) is 23.8 Å². The maximum absolute atomic E-state index is 13.7. The van der Waals surface area contributed by atoms with Crippen molar-refractivity contribution in [3.8, 4) is 5.88 Å². The highest BCUT2D eigenvalue weighted by Crippen LogP contribution is 2.35. The van der Waals surface area contributed by atoms with E-state index in [1.165, 1.54) is 0 Å². The molecule has 2 aromatic rings. The Hall–Kier alpha value is -3.65. The van der Waals surface area contributed by atoms with Crippen molar-refractivity contribution in [2.75, 3.05) is 6.54 Å². The molecule has 32 heavy (non-hydrogen) atoms. The Morgan fingerprint density at radius 2 is 1.88 bits per heavy atom. The molecule has 15 heteroatoms. The van der Waals surface area contributed by atoms with Gasteiger partial charge in [-0.25, -0.2) is 19.2 Å². The van der Waals surface area contributed by atoms with Crippen LogP contribution >= 0.6 is 0 Å². The average molecular weight is 467 g/mol. The maximum Gasteiger partial charge on any atom is 0.574 e. The van der Waals surface area contributed by atoms with Crippen molar-refractivity contribution in [3.05, 3.63) is 53.2 Å². The SMILES string of the molecule is NC(=O)C1CN([C@H](c2ccc(OC(F)(F)F)nc2)c2ccc(F)c(C(F)(F)F)n2)C(=O)N1. The molecule has 1 aliphatic heterocycles. The highest BCUT2D eigenvalue weighted by Gasteiger charge is 2.41. The summed E-state index contributed by atoms with van der Waals surface area (Å²) in [6, 6.07) is -0.492. The van der Waals surface area contributed by atoms with E-state index >= 15 is 0 Å². The van der Waals surface area contributed by atoms with Crippen LogP contribution in [0.2, 0.25) is 0 Å². The molecule has 2 atom stereocenters. The minimum Gasteiger partial charge on any atom is -0.388 e. The summed E-state index contributed by atoms with van der Waals surface area (Å²) >= 11 is 0. The van der Waals surface area contributed by atoms with E-state index < -0.39 is 66.2 Å². The first-order chi connectivity index (χ1) is 14.8. The van der Waals surface area contributed by atoms with E-state index in [0.29, 0.717) is 6.07 Å². The van der Waals surface area contributed by atoms with Crippen LogP contribution in [0.3, 0.4) is 0 Å². The molecule has 0 aromatic carbocycles. The van der Waals surface area contributed by atoms with Gasteiger partial charge in [-0.2, -0.15) is 13.2 Å². The molecule has 0 saturated carbocycles. The first-order valence-corrected chi connectivity index (χ1v) is 8.58. The molecule has 2 aromatic heterocycles. The lowest BCUT2D eigenvalue weighted by molar-refractivity contribution is -0.276. The fourth-order valence-corrected chi connectivity index (χ4v) is 2.99. The quantitative estimate of drug-likeness (QED) is 0.657. The summed E-state index contributed by atoms with van der Waals surface area (Å²) in [5, 5.41) is 2.22. The van der Waals surface area contributed by atoms with Crippen molar-refractivity contribution >= 4 is 11.9 Å². The van der Waals surface area contributed by atoms with Crippen LogP contribution in [0.1, 0.15) is 23.0 Å². The fourth-order valence-electron chi connectivity index (χ4n) is 2.99. The molecule has 3 amide bonds. The number of hydrogen-bond acceptors (Lipinski definition) is 5. The lowest BCUT2D eigenvalue weighted by Crippen LogP contribution is -2.39. The van der Waals surface area contributed by atoms with Crippen molar-refractivity contribution in [2.24, 2.45) is 5.73 Å². The predicted molar refractivity (Wildman–Crippen MR) is 90.2 cm³/mol. The predicted octanol–water partition coefficient (Wildman–Crippen LogP) is 2.50. The highest BCUT2D eigenvalue weighted by molar-refractivity contribution is 5.89. The molecular weight excluding hydrogens is 455 g/mol. The monoisotopic (exact) mass is 467 g/mol. The topological polar surface area (TPSA) is 110 Å². The average Bonchev–Trinajstić information content (AvgIpc) is 3.04. The third-order valence-electron chi connectivity index (χ3n) is 4.30. The summed E-state index contributed by atoms with van der Waals surface area (Å²) in [4.78, 5) is 31.4. The number of carbonyl (C=O) groups is 2. The Bertz CT molecular complexity index is 1030. The summed E-state index contributed by atoms with van der Waals surface area (Å²) in [6.45, 7) is -0.403. The Kier molecular flexibility index (Phi) is 5.84. The summed E-state index contributed by atoms with van der Waals surface area (Å²) < 4.78 is 93.8. The van der Waals surface area contributed by atoms with Gasteiger partial charge in [0.25, 0.3) is 0 Å². The molecule has 8 nitrogen and oxygen atoms in total. The van der Waals surface area contributed by atoms with Gasteiger partial charge in [-0.15, -0.1) is 13.2 Å². The lowest BCUT2D eigenvalue weighted by atomic mass is 10.0. The Morgan fingerprint density at radius 3 is 2.38 bits per heavy atom. The Balaban J connectivity index is 2.07. The van der Waals surface area contributed by atoms with Gasteiger partial charge in [0, 0.05) is 12.3 Å². The lowest BCUT2D eigenvalue weighted by Gasteiger charge is -2.27. The zero-order valence-corrected chi connectivity index (χ0v) is 15.5. The largest absolute Gasteiger partial charge is 0.574 e. The van der Waals surface area contributed by atoms with Crippen LogP contribution in [0.25, 0.3) is 0 Å². The van der Waals surface area contributed by atoms with Crippen molar-refractivity contribution in [3.63, 3.8) is 0 Å². The third-order valence-corrected chi connectivity index (χ3v) is 4.30. The molecule has 0 radical (unpaired) electrons. The minimum atomic E-state index is -5.17. The van der Waals surface area contributed by atoms with E-state index in [1.54, 1.807) is 0 Å². The maximum atomic E-state index is 13.7. The third kappa shape index (κ3) is 4.97. The molecule has 0 aliphatic carbocycles. The zero-order valence-electron chi connectivity index (χ0n) is 15.5. The molecule has 3 N–H and O–H groups in total. The van der Waals surface area contributed by atoms with Gasteiger partial charge in [0.05, 0.1) is 12.2 Å². The number of nitrogens with zero attached hydrogens (tertiary/aromatic N) is 3. The Labute approximate surface area is 174 Å². The van der Waals surface area contributed by atoms with Crippen LogP contribution in [0, 0.1) is 5.82 Å². The number of urea groups is 1. The normalized spacial score (nSPS) is 17.8. The second kappa shape index (κ2) is 8.12. The molecule has 3 heterocycles. The van der Waals surface area contributed by atoms with Crippen LogP contribution in [0.15, 0.2) is 30.5 Å². The van der Waals surface area contributed by atoms with Crippen molar-refractivity contribution in [1.29, 1.82) is 0 Å². The van der Waals surface area contributed by atoms with Crippen LogP contribution in [-0.4, -0.2) is 45.8 Å². The number of amides is 3. The van der Waals surface area contributed by atoms with Crippen LogP contribution < -0.4 is 15.8 Å². The number of ether oxygens (including phenoxy) is 1. The molecule has 1 aliphatic rings. The van der Waals surface area contributed by atoms with Gasteiger partial charge < -0.3 is 20.7 Å². The first-order valence-electron chi connectivity index (χ1n) is 8.58. The van der Waals surface area contributed by atoms with E-state index in [0.717, 1.165) is 29.3 Å². The summed E-state index contributed by atoms with van der Waals surface area (Å²) in [6.07, 6.45) is -9.40.